The van der Waals surface area contributed by atoms with Gasteiger partial charge in [0.2, 0.25) is 5.88 Å². The lowest BCUT2D eigenvalue weighted by Gasteiger charge is -2.37. The molecule has 0 radical (unpaired) electrons. The zero-order valence-electron chi connectivity index (χ0n) is 12.7. The molecule has 1 fully saturated rings. The number of hydrogen-bond donors (Lipinski definition) is 0. The van der Waals surface area contributed by atoms with E-state index in [0.717, 1.165) is 41.1 Å². The second-order valence-electron chi connectivity index (χ2n) is 6.08. The van der Waals surface area contributed by atoms with Crippen LogP contribution in [0.15, 0.2) is 6.07 Å². The molecule has 0 saturated carbocycles. The van der Waals surface area contributed by atoms with E-state index in [1.54, 1.807) is 0 Å². The fraction of sp³-hybridized carbons (Fsp3) is 0.500. The molecule has 4 heterocycles. The largest absolute Gasteiger partial charge is 0.475 e. The summed E-state index contributed by atoms with van der Waals surface area (Å²) in [7, 11) is 0. The summed E-state index contributed by atoms with van der Waals surface area (Å²) in [6, 6.07) is 4.61. The van der Waals surface area contributed by atoms with Gasteiger partial charge in [0.05, 0.1) is 23.5 Å². The van der Waals surface area contributed by atoms with E-state index in [4.69, 9.17) is 4.74 Å². The van der Waals surface area contributed by atoms with Crippen molar-refractivity contribution in [3.05, 3.63) is 17.6 Å². The van der Waals surface area contributed by atoms with Gasteiger partial charge < -0.3 is 9.64 Å². The lowest BCUT2D eigenvalue weighted by molar-refractivity contribution is 0.251. The molecular formula is C16H17N5O. The third-order valence-corrected chi connectivity index (χ3v) is 4.44. The van der Waals surface area contributed by atoms with Crippen LogP contribution in [-0.2, 0) is 0 Å². The van der Waals surface area contributed by atoms with Gasteiger partial charge >= 0.3 is 0 Å². The molecule has 22 heavy (non-hydrogen) atoms. The summed E-state index contributed by atoms with van der Waals surface area (Å²) >= 11 is 0. The van der Waals surface area contributed by atoms with Crippen LogP contribution in [0.3, 0.4) is 0 Å². The smallest absolute Gasteiger partial charge is 0.227 e. The molecule has 0 aromatic carbocycles. The van der Waals surface area contributed by atoms with Gasteiger partial charge in [-0.25, -0.2) is 15.0 Å². The van der Waals surface area contributed by atoms with Crippen molar-refractivity contribution in [1.82, 2.24) is 15.0 Å². The minimum absolute atomic E-state index is 0.0431. The van der Waals surface area contributed by atoms with E-state index in [1.807, 2.05) is 19.9 Å². The molecule has 2 unspecified atom stereocenters. The fourth-order valence-electron chi connectivity index (χ4n) is 3.39. The Balaban J connectivity index is 1.95. The topological polar surface area (TPSA) is 74.9 Å². The van der Waals surface area contributed by atoms with E-state index in [2.05, 4.69) is 25.9 Å². The highest BCUT2D eigenvalue weighted by molar-refractivity contribution is 5.94. The van der Waals surface area contributed by atoms with Crippen molar-refractivity contribution in [3.63, 3.8) is 0 Å². The van der Waals surface area contributed by atoms with Gasteiger partial charge in [0, 0.05) is 12.2 Å². The summed E-state index contributed by atoms with van der Waals surface area (Å²) in [6.07, 6.45) is 1.85. The first-order valence-corrected chi connectivity index (χ1v) is 7.61. The molecule has 0 bridgehead atoms. The third kappa shape index (κ3) is 1.97. The highest BCUT2D eigenvalue weighted by Crippen LogP contribution is 2.38. The molecule has 6 heteroatoms. The number of aryl methyl sites for hydroxylation is 2. The normalized spacial score (nSPS) is 23.4. The van der Waals surface area contributed by atoms with E-state index >= 15 is 0 Å². The third-order valence-electron chi connectivity index (χ3n) is 4.44. The molecule has 0 aliphatic carbocycles. The number of pyridine rings is 1. The summed E-state index contributed by atoms with van der Waals surface area (Å²) in [5, 5.41) is 10.2. The van der Waals surface area contributed by atoms with Crippen molar-refractivity contribution in [2.45, 2.75) is 32.7 Å². The van der Waals surface area contributed by atoms with Gasteiger partial charge in [0.1, 0.15) is 23.6 Å². The minimum atomic E-state index is 0.0431. The SMILES string of the molecule is Cc1cc2nc(C)nc3c2c(n1)OCC1CCC(C#N)CN31. The molecule has 1 saturated heterocycles. The molecular weight excluding hydrogens is 278 g/mol. The first-order valence-electron chi connectivity index (χ1n) is 7.61. The van der Waals surface area contributed by atoms with Crippen LogP contribution in [0, 0.1) is 31.1 Å². The number of nitrogens with zero attached hydrogens (tertiary/aromatic N) is 5. The molecule has 0 N–H and O–H groups in total. The molecule has 2 aromatic heterocycles. The van der Waals surface area contributed by atoms with Crippen LogP contribution in [-0.4, -0.2) is 34.1 Å². The first kappa shape index (κ1) is 13.3. The highest BCUT2D eigenvalue weighted by Gasteiger charge is 2.34. The number of aromatic nitrogens is 3. The summed E-state index contributed by atoms with van der Waals surface area (Å²) in [5.41, 5.74) is 1.76. The van der Waals surface area contributed by atoms with Crippen molar-refractivity contribution >= 4 is 16.7 Å². The first-order chi connectivity index (χ1) is 10.7. The summed E-state index contributed by atoms with van der Waals surface area (Å²) < 4.78 is 5.96. The molecule has 0 spiro atoms. The van der Waals surface area contributed by atoms with Crippen LogP contribution in [0.5, 0.6) is 5.88 Å². The molecule has 4 rings (SSSR count). The van der Waals surface area contributed by atoms with E-state index in [9.17, 15) is 5.26 Å². The zero-order chi connectivity index (χ0) is 15.3. The number of ether oxygens (including phenoxy) is 1. The van der Waals surface area contributed by atoms with Crippen molar-refractivity contribution in [2.24, 2.45) is 5.92 Å². The van der Waals surface area contributed by atoms with Crippen LogP contribution in [0.25, 0.3) is 10.9 Å². The zero-order valence-corrected chi connectivity index (χ0v) is 12.7. The number of fused-ring (bicyclic) bond motifs is 2. The van der Waals surface area contributed by atoms with Gasteiger partial charge in [-0.05, 0) is 32.8 Å². The fourth-order valence-corrected chi connectivity index (χ4v) is 3.39. The van der Waals surface area contributed by atoms with E-state index in [1.165, 1.54) is 0 Å². The Labute approximate surface area is 128 Å². The Morgan fingerprint density at radius 1 is 1.27 bits per heavy atom. The Hall–Kier alpha value is -2.42. The molecule has 2 aliphatic rings. The van der Waals surface area contributed by atoms with Crippen LogP contribution in [0.1, 0.15) is 24.4 Å². The highest BCUT2D eigenvalue weighted by atomic mass is 16.5. The molecule has 2 atom stereocenters. The van der Waals surface area contributed by atoms with Gasteiger partial charge in [-0.1, -0.05) is 0 Å². The predicted molar refractivity (Wildman–Crippen MR) is 81.8 cm³/mol. The van der Waals surface area contributed by atoms with Crippen LogP contribution < -0.4 is 9.64 Å². The Morgan fingerprint density at radius 3 is 2.95 bits per heavy atom. The lowest BCUT2D eigenvalue weighted by atomic mass is 9.94. The predicted octanol–water partition coefficient (Wildman–Crippen LogP) is 2.14. The van der Waals surface area contributed by atoms with Crippen molar-refractivity contribution in [3.8, 4) is 11.9 Å². The van der Waals surface area contributed by atoms with Gasteiger partial charge in [-0.15, -0.1) is 0 Å². The number of hydrogen-bond acceptors (Lipinski definition) is 6. The second kappa shape index (κ2) is 4.80. The van der Waals surface area contributed by atoms with Crippen LogP contribution in [0.2, 0.25) is 0 Å². The van der Waals surface area contributed by atoms with E-state index in [-0.39, 0.29) is 12.0 Å². The monoisotopic (exact) mass is 295 g/mol. The van der Waals surface area contributed by atoms with Gasteiger partial charge in [0.25, 0.3) is 0 Å². The van der Waals surface area contributed by atoms with Crippen molar-refractivity contribution < 1.29 is 4.74 Å². The van der Waals surface area contributed by atoms with Gasteiger partial charge in [0.15, 0.2) is 0 Å². The Kier molecular flexibility index (Phi) is 2.89. The average molecular weight is 295 g/mol. The standard InChI is InChI=1S/C16H17N5O/c1-9-5-13-14-15(20-10(2)19-13)21-7-11(6-17)3-4-12(21)8-22-16(14)18-9/h5,11-12H,3-4,7-8H2,1-2H3. The van der Waals surface area contributed by atoms with Crippen molar-refractivity contribution in [2.75, 3.05) is 18.1 Å². The number of nitriles is 1. The quantitative estimate of drug-likeness (QED) is 0.741. The van der Waals surface area contributed by atoms with Gasteiger partial charge in [-0.3, -0.25) is 0 Å². The minimum Gasteiger partial charge on any atom is -0.475 e. The second-order valence-corrected chi connectivity index (χ2v) is 6.08. The van der Waals surface area contributed by atoms with E-state index < -0.39 is 0 Å². The maximum Gasteiger partial charge on any atom is 0.227 e. The number of anilines is 1. The van der Waals surface area contributed by atoms with Crippen molar-refractivity contribution in [1.29, 1.82) is 5.26 Å². The molecule has 2 aromatic rings. The summed E-state index contributed by atoms with van der Waals surface area (Å²) in [4.78, 5) is 15.9. The van der Waals surface area contributed by atoms with E-state index in [0.29, 0.717) is 19.0 Å². The number of piperidine rings is 1. The molecule has 6 nitrogen and oxygen atoms in total. The maximum atomic E-state index is 9.28. The number of rotatable bonds is 0. The summed E-state index contributed by atoms with van der Waals surface area (Å²) in [5.74, 6) is 2.26. The Morgan fingerprint density at radius 2 is 2.14 bits per heavy atom. The van der Waals surface area contributed by atoms with Crippen LogP contribution in [0.4, 0.5) is 5.82 Å². The average Bonchev–Trinajstić information content (AvgIpc) is 2.65. The maximum absolute atomic E-state index is 9.28. The molecule has 0 amide bonds. The Bertz CT molecular complexity index is 792. The van der Waals surface area contributed by atoms with Crippen LogP contribution >= 0.6 is 0 Å². The van der Waals surface area contributed by atoms with Gasteiger partial charge in [-0.2, -0.15) is 5.26 Å². The molecule has 2 aliphatic heterocycles. The summed E-state index contributed by atoms with van der Waals surface area (Å²) in [6.45, 7) is 5.13. The lowest BCUT2D eigenvalue weighted by Crippen LogP contribution is -2.46. The molecule has 112 valence electrons.